The second-order valence-electron chi connectivity index (χ2n) is 9.19. The lowest BCUT2D eigenvalue weighted by molar-refractivity contribution is -0.738. The maximum Gasteiger partial charge on any atom is 0.291 e. The van der Waals surface area contributed by atoms with E-state index in [0.717, 1.165) is 0 Å². The predicted molar refractivity (Wildman–Crippen MR) is 101 cm³/mol. The molecule has 3 aliphatic heterocycles. The number of carbonyl (C=O) groups is 3. The Morgan fingerprint density at radius 1 is 1.19 bits per heavy atom. The van der Waals surface area contributed by atoms with Crippen molar-refractivity contribution >= 4 is 35.0 Å². The topological polar surface area (TPSA) is 83.1 Å². The Kier molecular flexibility index (Phi) is 3.79. The second kappa shape index (κ2) is 5.55. The van der Waals surface area contributed by atoms with Gasteiger partial charge in [0.05, 0.1) is 5.69 Å². The smallest absolute Gasteiger partial charge is 0.291 e. The van der Waals surface area contributed by atoms with Crippen LogP contribution in [0, 0.1) is 17.8 Å². The number of benzene rings is 1. The van der Waals surface area contributed by atoms with E-state index < -0.39 is 22.9 Å². The van der Waals surface area contributed by atoms with Crippen LogP contribution < -0.4 is 10.6 Å². The quantitative estimate of drug-likeness (QED) is 0.712. The lowest BCUT2D eigenvalue weighted by atomic mass is 9.76. The molecule has 3 aliphatic rings. The molecule has 4 rings (SSSR count). The number of nitrogens with zero attached hydrogens (tertiary/aromatic N) is 1. The van der Waals surface area contributed by atoms with Crippen molar-refractivity contribution in [1.82, 2.24) is 4.90 Å². The molecule has 0 saturated carbocycles. The summed E-state index contributed by atoms with van der Waals surface area (Å²) in [6, 6.07) is 5.07. The van der Waals surface area contributed by atoms with Gasteiger partial charge < -0.3 is 10.6 Å². The van der Waals surface area contributed by atoms with E-state index in [1.807, 2.05) is 39.9 Å². The minimum atomic E-state index is -1.15. The van der Waals surface area contributed by atoms with Gasteiger partial charge in [0.2, 0.25) is 17.4 Å². The first-order valence-electron chi connectivity index (χ1n) is 9.35. The number of halogens is 1. The molecule has 6 nitrogen and oxygen atoms in total. The Morgan fingerprint density at radius 3 is 2.44 bits per heavy atom. The van der Waals surface area contributed by atoms with Gasteiger partial charge in [-0.1, -0.05) is 25.4 Å². The molecule has 0 aliphatic carbocycles. The van der Waals surface area contributed by atoms with E-state index in [2.05, 4.69) is 5.32 Å². The van der Waals surface area contributed by atoms with Crippen LogP contribution in [0.25, 0.3) is 0 Å². The summed E-state index contributed by atoms with van der Waals surface area (Å²) < 4.78 is 0. The third-order valence-corrected chi connectivity index (χ3v) is 6.44. The SMILES string of the molecule is CC(C)[C@@H]1[NH2+][C@]2(C(=O)Nc3ccc(Cl)cc32)[C@@H]2C(=O)N(C(C)(C)C)C(=O)[C@@H]21. The van der Waals surface area contributed by atoms with Gasteiger partial charge in [-0.05, 0) is 39.0 Å². The molecular weight excluding hydrogens is 366 g/mol. The number of hydrogen-bond donors (Lipinski definition) is 2. The van der Waals surface area contributed by atoms with E-state index in [1.165, 1.54) is 4.90 Å². The highest BCUT2D eigenvalue weighted by Gasteiger charge is 2.75. The number of quaternary nitrogens is 1. The molecule has 3 amide bonds. The number of imide groups is 1. The third kappa shape index (κ3) is 2.26. The van der Waals surface area contributed by atoms with Crippen LogP contribution in [0.15, 0.2) is 18.2 Å². The van der Waals surface area contributed by atoms with Crippen LogP contribution in [0.4, 0.5) is 5.69 Å². The van der Waals surface area contributed by atoms with Crippen LogP contribution >= 0.6 is 11.6 Å². The number of likely N-dealkylation sites (tertiary alicyclic amines) is 1. The summed E-state index contributed by atoms with van der Waals surface area (Å²) >= 11 is 6.23. The summed E-state index contributed by atoms with van der Waals surface area (Å²) in [6.07, 6.45) is 0. The van der Waals surface area contributed by atoms with Gasteiger partial charge >= 0.3 is 0 Å². The van der Waals surface area contributed by atoms with Crippen molar-refractivity contribution in [2.24, 2.45) is 17.8 Å². The number of hydrogen-bond acceptors (Lipinski definition) is 3. The number of amides is 3. The van der Waals surface area contributed by atoms with E-state index in [1.54, 1.807) is 18.2 Å². The molecule has 2 saturated heterocycles. The lowest BCUT2D eigenvalue weighted by Crippen LogP contribution is -2.99. The average Bonchev–Trinajstić information content (AvgIpc) is 3.13. The maximum absolute atomic E-state index is 13.5. The van der Waals surface area contributed by atoms with Crippen molar-refractivity contribution in [2.75, 3.05) is 5.32 Å². The summed E-state index contributed by atoms with van der Waals surface area (Å²) in [5, 5.41) is 5.36. The van der Waals surface area contributed by atoms with Crippen molar-refractivity contribution in [3.05, 3.63) is 28.8 Å². The molecule has 0 unspecified atom stereocenters. The zero-order valence-electron chi connectivity index (χ0n) is 16.2. The van der Waals surface area contributed by atoms with Gasteiger partial charge in [-0.15, -0.1) is 0 Å². The standard InChI is InChI=1S/C20H24ClN3O3/c1-9(2)15-13-14(17(26)24(16(13)25)19(3,4)5)20(23-15)11-8-10(21)6-7-12(11)22-18(20)27/h6-9,13-15,23H,1-5H3,(H,22,27)/p+1/t13-,14-,15-,20-/m0/s1. The van der Waals surface area contributed by atoms with Gasteiger partial charge in [0.15, 0.2) is 0 Å². The summed E-state index contributed by atoms with van der Waals surface area (Å²) in [6.45, 7) is 9.61. The van der Waals surface area contributed by atoms with Crippen LogP contribution in [0.3, 0.4) is 0 Å². The molecule has 2 fully saturated rings. The van der Waals surface area contributed by atoms with Gasteiger partial charge in [-0.25, -0.2) is 0 Å². The predicted octanol–water partition coefficient (Wildman–Crippen LogP) is 1.49. The van der Waals surface area contributed by atoms with Crippen molar-refractivity contribution in [2.45, 2.75) is 51.7 Å². The second-order valence-corrected chi connectivity index (χ2v) is 9.62. The molecular formula is C20H25ClN3O3+. The van der Waals surface area contributed by atoms with Crippen LogP contribution in [-0.4, -0.2) is 34.2 Å². The third-order valence-electron chi connectivity index (χ3n) is 6.20. The summed E-state index contributed by atoms with van der Waals surface area (Å²) in [5.74, 6) is -1.80. The largest absolute Gasteiger partial charge is 0.326 e. The highest BCUT2D eigenvalue weighted by molar-refractivity contribution is 6.31. The zero-order valence-corrected chi connectivity index (χ0v) is 16.9. The first-order valence-corrected chi connectivity index (χ1v) is 9.73. The van der Waals surface area contributed by atoms with Gasteiger partial charge in [0.25, 0.3) is 5.91 Å². The molecule has 7 heteroatoms. The first-order chi connectivity index (χ1) is 12.5. The number of nitrogens with two attached hydrogens (primary N) is 1. The molecule has 1 aromatic carbocycles. The van der Waals surface area contributed by atoms with Crippen LogP contribution in [-0.2, 0) is 19.9 Å². The Balaban J connectivity index is 1.95. The summed E-state index contributed by atoms with van der Waals surface area (Å²) in [4.78, 5) is 41.4. The highest BCUT2D eigenvalue weighted by atomic mass is 35.5. The lowest BCUT2D eigenvalue weighted by Gasteiger charge is -2.33. The number of nitrogens with one attached hydrogen (secondary N) is 1. The van der Waals surface area contributed by atoms with Crippen LogP contribution in [0.1, 0.15) is 40.2 Å². The Hall–Kier alpha value is -1.92. The summed E-state index contributed by atoms with van der Waals surface area (Å²) in [5.41, 5.74) is -0.409. The number of carbonyl (C=O) groups excluding carboxylic acids is 3. The maximum atomic E-state index is 13.5. The molecule has 144 valence electrons. The highest BCUT2D eigenvalue weighted by Crippen LogP contribution is 2.51. The Morgan fingerprint density at radius 2 is 1.85 bits per heavy atom. The monoisotopic (exact) mass is 390 g/mol. The van der Waals surface area contributed by atoms with Crippen molar-refractivity contribution in [3.63, 3.8) is 0 Å². The van der Waals surface area contributed by atoms with Gasteiger partial charge in [0.1, 0.15) is 17.9 Å². The molecule has 0 bridgehead atoms. The van der Waals surface area contributed by atoms with E-state index >= 15 is 0 Å². The Bertz CT molecular complexity index is 876. The molecule has 0 radical (unpaired) electrons. The number of anilines is 1. The molecule has 27 heavy (non-hydrogen) atoms. The van der Waals surface area contributed by atoms with Crippen LogP contribution in [0.2, 0.25) is 5.02 Å². The summed E-state index contributed by atoms with van der Waals surface area (Å²) in [7, 11) is 0. The molecule has 3 heterocycles. The molecule has 0 aromatic heterocycles. The number of rotatable bonds is 1. The average molecular weight is 391 g/mol. The van der Waals surface area contributed by atoms with Gasteiger partial charge in [-0.3, -0.25) is 19.3 Å². The minimum Gasteiger partial charge on any atom is -0.326 e. The zero-order chi connectivity index (χ0) is 19.9. The van der Waals surface area contributed by atoms with Crippen molar-refractivity contribution in [1.29, 1.82) is 0 Å². The fraction of sp³-hybridized carbons (Fsp3) is 0.550. The molecule has 1 aromatic rings. The fourth-order valence-electron chi connectivity index (χ4n) is 5.13. The fourth-order valence-corrected chi connectivity index (χ4v) is 5.30. The van der Waals surface area contributed by atoms with Crippen molar-refractivity contribution in [3.8, 4) is 0 Å². The van der Waals surface area contributed by atoms with E-state index in [0.29, 0.717) is 16.3 Å². The Labute approximate surface area is 163 Å². The van der Waals surface area contributed by atoms with Gasteiger partial charge in [0, 0.05) is 22.0 Å². The number of fused-ring (bicyclic) bond motifs is 4. The molecule has 3 N–H and O–H groups in total. The van der Waals surface area contributed by atoms with E-state index in [4.69, 9.17) is 11.6 Å². The molecule has 4 atom stereocenters. The first kappa shape index (κ1) is 18.4. The van der Waals surface area contributed by atoms with E-state index in [9.17, 15) is 14.4 Å². The van der Waals surface area contributed by atoms with Gasteiger partial charge in [-0.2, -0.15) is 0 Å². The van der Waals surface area contributed by atoms with Crippen molar-refractivity contribution < 1.29 is 19.7 Å². The molecule has 1 spiro atoms. The normalized spacial score (nSPS) is 32.5. The van der Waals surface area contributed by atoms with E-state index in [-0.39, 0.29) is 29.7 Å². The minimum absolute atomic E-state index is 0.129. The van der Waals surface area contributed by atoms with Crippen LogP contribution in [0.5, 0.6) is 0 Å².